The van der Waals surface area contributed by atoms with Crippen LogP contribution >= 0.6 is 0 Å². The molecule has 2 aromatic carbocycles. The lowest BCUT2D eigenvalue weighted by Crippen LogP contribution is -2.32. The minimum Gasteiger partial charge on any atom is -0.396 e. The van der Waals surface area contributed by atoms with Crippen molar-refractivity contribution in [3.05, 3.63) is 71.0 Å². The standard InChI is InChI=1S/C19H18FNO3/c20-14-7-5-13(6-8-14)17(23)15-3-1-2-4-16(15)18(24)21-11-19(12-22)9-10-19/h1-8,22H,9-12H2,(H,21,24). The van der Waals surface area contributed by atoms with Crippen molar-refractivity contribution in [2.45, 2.75) is 12.8 Å². The van der Waals surface area contributed by atoms with Gasteiger partial charge in [-0.15, -0.1) is 0 Å². The minimum absolute atomic E-state index is 0.0451. The first kappa shape index (κ1) is 16.3. The van der Waals surface area contributed by atoms with E-state index in [2.05, 4.69) is 5.32 Å². The van der Waals surface area contributed by atoms with Gasteiger partial charge in [-0.05, 0) is 43.2 Å². The third-order valence-corrected chi connectivity index (χ3v) is 4.44. The van der Waals surface area contributed by atoms with Crippen LogP contribution in [0.4, 0.5) is 4.39 Å². The average Bonchev–Trinajstić information content (AvgIpc) is 3.40. The maximum absolute atomic E-state index is 13.0. The van der Waals surface area contributed by atoms with Crippen LogP contribution in [0.3, 0.4) is 0 Å². The summed E-state index contributed by atoms with van der Waals surface area (Å²) < 4.78 is 13.0. The Morgan fingerprint density at radius 2 is 1.67 bits per heavy atom. The SMILES string of the molecule is O=C(NCC1(CO)CC1)c1ccccc1C(=O)c1ccc(F)cc1. The highest BCUT2D eigenvalue weighted by molar-refractivity contribution is 6.15. The van der Waals surface area contributed by atoms with Gasteiger partial charge in [0.2, 0.25) is 0 Å². The summed E-state index contributed by atoms with van der Waals surface area (Å²) in [6.07, 6.45) is 1.78. The lowest BCUT2D eigenvalue weighted by Gasteiger charge is -2.14. The van der Waals surface area contributed by atoms with E-state index in [-0.39, 0.29) is 34.8 Å². The summed E-state index contributed by atoms with van der Waals surface area (Å²) in [7, 11) is 0. The highest BCUT2D eigenvalue weighted by Crippen LogP contribution is 2.44. The van der Waals surface area contributed by atoms with E-state index >= 15 is 0 Å². The number of carbonyl (C=O) groups is 2. The smallest absolute Gasteiger partial charge is 0.252 e. The van der Waals surface area contributed by atoms with Crippen molar-refractivity contribution < 1.29 is 19.1 Å². The van der Waals surface area contributed by atoms with Gasteiger partial charge in [0.25, 0.3) is 5.91 Å². The van der Waals surface area contributed by atoms with Crippen molar-refractivity contribution in [1.82, 2.24) is 5.32 Å². The fourth-order valence-electron chi connectivity index (χ4n) is 2.57. The van der Waals surface area contributed by atoms with Crippen molar-refractivity contribution >= 4 is 11.7 Å². The fraction of sp³-hybridized carbons (Fsp3) is 0.263. The summed E-state index contributed by atoms with van der Waals surface area (Å²) in [5.74, 6) is -1.10. The Kier molecular flexibility index (Phi) is 4.44. The molecule has 24 heavy (non-hydrogen) atoms. The van der Waals surface area contributed by atoms with Crippen molar-refractivity contribution in [2.24, 2.45) is 5.41 Å². The van der Waals surface area contributed by atoms with Gasteiger partial charge < -0.3 is 10.4 Å². The zero-order valence-electron chi connectivity index (χ0n) is 13.1. The van der Waals surface area contributed by atoms with Crippen LogP contribution < -0.4 is 5.32 Å². The molecule has 1 aliphatic carbocycles. The minimum atomic E-state index is -0.420. The number of benzene rings is 2. The van der Waals surface area contributed by atoms with E-state index in [0.717, 1.165) is 12.8 Å². The number of amides is 1. The van der Waals surface area contributed by atoms with Gasteiger partial charge in [-0.2, -0.15) is 0 Å². The van der Waals surface area contributed by atoms with Gasteiger partial charge >= 0.3 is 0 Å². The molecule has 1 aliphatic rings. The third kappa shape index (κ3) is 3.36. The lowest BCUT2D eigenvalue weighted by molar-refractivity contribution is 0.0925. The molecule has 4 nitrogen and oxygen atoms in total. The molecule has 0 saturated heterocycles. The molecule has 0 bridgehead atoms. The molecule has 0 radical (unpaired) electrons. The van der Waals surface area contributed by atoms with E-state index in [1.54, 1.807) is 24.3 Å². The van der Waals surface area contributed by atoms with Crippen LogP contribution in [0.5, 0.6) is 0 Å². The first-order valence-electron chi connectivity index (χ1n) is 7.83. The molecule has 0 heterocycles. The van der Waals surface area contributed by atoms with E-state index in [1.807, 2.05) is 0 Å². The normalized spacial score (nSPS) is 14.9. The molecule has 124 valence electrons. The summed E-state index contributed by atoms with van der Waals surface area (Å²) in [5, 5.41) is 12.1. The Morgan fingerprint density at radius 1 is 1.04 bits per heavy atom. The summed E-state index contributed by atoms with van der Waals surface area (Å²) in [6.45, 7) is 0.435. The zero-order valence-corrected chi connectivity index (χ0v) is 13.1. The Bertz CT molecular complexity index is 766. The summed E-state index contributed by atoms with van der Waals surface area (Å²) in [5.41, 5.74) is 0.674. The Hall–Kier alpha value is -2.53. The molecule has 1 amide bonds. The predicted octanol–water partition coefficient (Wildman–Crippen LogP) is 2.56. The van der Waals surface area contributed by atoms with E-state index in [0.29, 0.717) is 12.1 Å². The monoisotopic (exact) mass is 327 g/mol. The largest absolute Gasteiger partial charge is 0.396 e. The van der Waals surface area contributed by atoms with Gasteiger partial charge in [-0.3, -0.25) is 9.59 Å². The highest BCUT2D eigenvalue weighted by atomic mass is 19.1. The van der Waals surface area contributed by atoms with Gasteiger partial charge in [-0.25, -0.2) is 4.39 Å². The van der Waals surface area contributed by atoms with Gasteiger partial charge in [0, 0.05) is 23.1 Å². The van der Waals surface area contributed by atoms with Crippen molar-refractivity contribution in [2.75, 3.05) is 13.2 Å². The topological polar surface area (TPSA) is 66.4 Å². The summed E-state index contributed by atoms with van der Waals surface area (Å²) in [6, 6.07) is 11.8. The predicted molar refractivity (Wildman–Crippen MR) is 87.4 cm³/mol. The fourth-order valence-corrected chi connectivity index (χ4v) is 2.57. The average molecular weight is 327 g/mol. The van der Waals surface area contributed by atoms with E-state index in [9.17, 15) is 19.1 Å². The van der Waals surface area contributed by atoms with Crippen molar-refractivity contribution in [3.63, 3.8) is 0 Å². The van der Waals surface area contributed by atoms with Crippen molar-refractivity contribution in [3.8, 4) is 0 Å². The Labute approximate surface area is 139 Å². The van der Waals surface area contributed by atoms with Crippen LogP contribution in [0.2, 0.25) is 0 Å². The first-order valence-corrected chi connectivity index (χ1v) is 7.83. The maximum Gasteiger partial charge on any atom is 0.252 e. The summed E-state index contributed by atoms with van der Waals surface area (Å²) >= 11 is 0. The van der Waals surface area contributed by atoms with Gasteiger partial charge in [0.1, 0.15) is 5.82 Å². The van der Waals surface area contributed by atoms with E-state index in [4.69, 9.17) is 0 Å². The number of aliphatic hydroxyl groups is 1. The molecule has 1 saturated carbocycles. The molecule has 2 N–H and O–H groups in total. The molecule has 5 heteroatoms. The van der Waals surface area contributed by atoms with E-state index < -0.39 is 5.82 Å². The lowest BCUT2D eigenvalue weighted by atomic mass is 9.97. The van der Waals surface area contributed by atoms with Crippen LogP contribution in [0, 0.1) is 11.2 Å². The zero-order chi connectivity index (χ0) is 17.2. The second-order valence-electron chi connectivity index (χ2n) is 6.22. The van der Waals surface area contributed by atoms with Crippen LogP contribution in [0.1, 0.15) is 39.1 Å². The number of halogens is 1. The van der Waals surface area contributed by atoms with Crippen LogP contribution in [-0.4, -0.2) is 29.9 Å². The molecular weight excluding hydrogens is 309 g/mol. The van der Waals surface area contributed by atoms with Gasteiger partial charge in [0.15, 0.2) is 5.78 Å². The van der Waals surface area contributed by atoms with Crippen molar-refractivity contribution in [1.29, 1.82) is 0 Å². The van der Waals surface area contributed by atoms with Gasteiger partial charge in [0.05, 0.1) is 12.2 Å². The summed E-state index contributed by atoms with van der Waals surface area (Å²) in [4.78, 5) is 25.1. The van der Waals surface area contributed by atoms with Gasteiger partial charge in [-0.1, -0.05) is 18.2 Å². The van der Waals surface area contributed by atoms with Crippen LogP contribution in [-0.2, 0) is 0 Å². The molecule has 0 aliphatic heterocycles. The second kappa shape index (κ2) is 6.53. The Morgan fingerprint density at radius 3 is 2.25 bits per heavy atom. The molecule has 1 fully saturated rings. The molecule has 3 rings (SSSR count). The number of nitrogens with one attached hydrogen (secondary N) is 1. The number of ketones is 1. The third-order valence-electron chi connectivity index (χ3n) is 4.44. The number of hydrogen-bond donors (Lipinski definition) is 2. The van der Waals surface area contributed by atoms with Crippen LogP contribution in [0.15, 0.2) is 48.5 Å². The molecule has 0 unspecified atom stereocenters. The number of rotatable bonds is 6. The second-order valence-corrected chi connectivity index (χ2v) is 6.22. The first-order chi connectivity index (χ1) is 11.5. The molecular formula is C19H18FNO3. The molecule has 0 atom stereocenters. The highest BCUT2D eigenvalue weighted by Gasteiger charge is 2.42. The molecule has 0 spiro atoms. The van der Waals surface area contributed by atoms with Crippen LogP contribution in [0.25, 0.3) is 0 Å². The molecule has 0 aromatic heterocycles. The maximum atomic E-state index is 13.0. The number of carbonyl (C=O) groups excluding carboxylic acids is 2. The van der Waals surface area contributed by atoms with E-state index in [1.165, 1.54) is 24.3 Å². The Balaban J connectivity index is 1.80. The molecule has 2 aromatic rings. The number of aliphatic hydroxyl groups excluding tert-OH is 1. The number of hydrogen-bond acceptors (Lipinski definition) is 3. The quantitative estimate of drug-likeness (QED) is 0.801.